The highest BCUT2D eigenvalue weighted by Gasteiger charge is 2.45. The summed E-state index contributed by atoms with van der Waals surface area (Å²) < 4.78 is 0. The summed E-state index contributed by atoms with van der Waals surface area (Å²) in [6, 6.07) is 9.75. The van der Waals surface area contributed by atoms with Crippen LogP contribution in [0.1, 0.15) is 18.2 Å². The minimum absolute atomic E-state index is 0.0770. The number of urea groups is 1. The lowest BCUT2D eigenvalue weighted by Gasteiger charge is -2.14. The number of amides is 2. The third-order valence-corrected chi connectivity index (χ3v) is 3.15. The molecule has 1 aromatic rings. The van der Waals surface area contributed by atoms with Gasteiger partial charge in [-0.2, -0.15) is 5.06 Å². The van der Waals surface area contributed by atoms with E-state index in [1.54, 1.807) is 4.90 Å². The van der Waals surface area contributed by atoms with Crippen molar-refractivity contribution >= 4 is 6.03 Å². The molecule has 5 heteroatoms. The number of hydrogen-bond acceptors (Lipinski definition) is 3. The van der Waals surface area contributed by atoms with Crippen LogP contribution in [0.25, 0.3) is 0 Å². The first kappa shape index (κ1) is 10.6. The maximum atomic E-state index is 12.0. The molecule has 5 nitrogen and oxygen atoms in total. The average molecular weight is 233 g/mol. The van der Waals surface area contributed by atoms with E-state index in [-0.39, 0.29) is 18.3 Å². The first-order valence-electron chi connectivity index (χ1n) is 5.81. The van der Waals surface area contributed by atoms with Gasteiger partial charge in [0.05, 0.1) is 0 Å². The second-order valence-electron chi connectivity index (χ2n) is 4.47. The van der Waals surface area contributed by atoms with Gasteiger partial charge < -0.3 is 10.6 Å². The quantitative estimate of drug-likeness (QED) is 0.738. The van der Waals surface area contributed by atoms with Crippen LogP contribution >= 0.6 is 0 Å². The Morgan fingerprint density at radius 2 is 2.12 bits per heavy atom. The first-order chi connectivity index (χ1) is 8.25. The summed E-state index contributed by atoms with van der Waals surface area (Å²) in [7, 11) is 0. The lowest BCUT2D eigenvalue weighted by atomic mass is 10.2. The van der Waals surface area contributed by atoms with Crippen molar-refractivity contribution < 1.29 is 9.63 Å². The van der Waals surface area contributed by atoms with E-state index >= 15 is 0 Å². The Labute approximate surface area is 99.7 Å². The van der Waals surface area contributed by atoms with E-state index in [1.165, 1.54) is 5.06 Å². The normalized spacial score (nSPS) is 27.4. The van der Waals surface area contributed by atoms with Crippen LogP contribution in [-0.4, -0.2) is 35.1 Å². The van der Waals surface area contributed by atoms with Crippen molar-refractivity contribution in [3.8, 4) is 0 Å². The largest absolute Gasteiger partial charge is 0.346 e. The van der Waals surface area contributed by atoms with Crippen molar-refractivity contribution in [2.75, 3.05) is 13.1 Å². The lowest BCUT2D eigenvalue weighted by Crippen LogP contribution is -2.35. The van der Waals surface area contributed by atoms with E-state index in [0.717, 1.165) is 18.5 Å². The molecule has 2 atom stereocenters. The fourth-order valence-corrected chi connectivity index (χ4v) is 2.14. The summed E-state index contributed by atoms with van der Waals surface area (Å²) in [5.74, 6) is 0. The van der Waals surface area contributed by atoms with Crippen LogP contribution < -0.4 is 5.73 Å². The first-order valence-corrected chi connectivity index (χ1v) is 5.81. The highest BCUT2D eigenvalue weighted by Crippen LogP contribution is 2.38. The minimum atomic E-state index is -0.222. The summed E-state index contributed by atoms with van der Waals surface area (Å²) in [5.41, 5.74) is 6.78. The number of benzene rings is 1. The van der Waals surface area contributed by atoms with Gasteiger partial charge in [0.25, 0.3) is 0 Å². The molecule has 0 bridgehead atoms. The van der Waals surface area contributed by atoms with Crippen LogP contribution in [0, 0.1) is 0 Å². The van der Waals surface area contributed by atoms with Crippen molar-refractivity contribution in [2.24, 2.45) is 5.73 Å². The Balaban J connectivity index is 1.63. The number of nitrogens with two attached hydrogens (primary N) is 1. The maximum Gasteiger partial charge on any atom is 0.346 e. The van der Waals surface area contributed by atoms with Crippen molar-refractivity contribution in [2.45, 2.75) is 18.7 Å². The third kappa shape index (κ3) is 1.99. The predicted molar refractivity (Wildman–Crippen MR) is 61.7 cm³/mol. The molecule has 2 aliphatic rings. The smallest absolute Gasteiger partial charge is 0.326 e. The highest BCUT2D eigenvalue weighted by atomic mass is 16.8. The Morgan fingerprint density at radius 1 is 1.35 bits per heavy atom. The Kier molecular flexibility index (Phi) is 2.49. The predicted octanol–water partition coefficient (Wildman–Crippen LogP) is 1.09. The summed E-state index contributed by atoms with van der Waals surface area (Å²) in [4.78, 5) is 19.1. The van der Waals surface area contributed by atoms with Gasteiger partial charge in [0.1, 0.15) is 0 Å². The number of rotatable bonds is 1. The molecule has 0 aromatic heterocycles. The van der Waals surface area contributed by atoms with Crippen LogP contribution in [0.3, 0.4) is 0 Å². The van der Waals surface area contributed by atoms with Gasteiger partial charge >= 0.3 is 6.03 Å². The highest BCUT2D eigenvalue weighted by molar-refractivity contribution is 5.75. The van der Waals surface area contributed by atoms with Crippen LogP contribution in [0.5, 0.6) is 0 Å². The van der Waals surface area contributed by atoms with Gasteiger partial charge in [-0.15, -0.1) is 0 Å². The molecular formula is C12H15N3O2. The fourth-order valence-electron chi connectivity index (χ4n) is 2.14. The molecule has 2 unspecified atom stereocenters. The van der Waals surface area contributed by atoms with E-state index in [9.17, 15) is 4.79 Å². The van der Waals surface area contributed by atoms with E-state index in [4.69, 9.17) is 10.6 Å². The molecule has 0 spiro atoms. The van der Waals surface area contributed by atoms with E-state index in [1.807, 2.05) is 30.3 Å². The molecule has 0 saturated carbocycles. The molecule has 1 aromatic carbocycles. The van der Waals surface area contributed by atoms with E-state index in [2.05, 4.69) is 0 Å². The minimum Gasteiger partial charge on any atom is -0.326 e. The van der Waals surface area contributed by atoms with Gasteiger partial charge in [-0.3, -0.25) is 0 Å². The van der Waals surface area contributed by atoms with Crippen molar-refractivity contribution in [3.63, 3.8) is 0 Å². The van der Waals surface area contributed by atoms with Gasteiger partial charge in [-0.05, 0) is 6.42 Å². The van der Waals surface area contributed by atoms with E-state index in [0.29, 0.717) is 6.54 Å². The monoisotopic (exact) mass is 233 g/mol. The Bertz CT molecular complexity index is 423. The zero-order valence-corrected chi connectivity index (χ0v) is 9.45. The third-order valence-electron chi connectivity index (χ3n) is 3.15. The average Bonchev–Trinajstić information content (AvgIpc) is 3.05. The van der Waals surface area contributed by atoms with Gasteiger partial charge in [-0.1, -0.05) is 30.3 Å². The van der Waals surface area contributed by atoms with Crippen LogP contribution in [0.4, 0.5) is 4.79 Å². The number of nitrogens with zero attached hydrogens (tertiary/aromatic N) is 2. The molecule has 90 valence electrons. The van der Waals surface area contributed by atoms with Gasteiger partial charge in [0.2, 0.25) is 6.23 Å². The van der Waals surface area contributed by atoms with E-state index < -0.39 is 0 Å². The molecule has 17 heavy (non-hydrogen) atoms. The van der Waals surface area contributed by atoms with Crippen molar-refractivity contribution in [1.82, 2.24) is 9.96 Å². The number of hydroxylamine groups is 2. The molecule has 2 heterocycles. The van der Waals surface area contributed by atoms with Crippen LogP contribution in [-0.2, 0) is 4.84 Å². The molecule has 2 saturated heterocycles. The molecule has 2 fully saturated rings. The lowest BCUT2D eigenvalue weighted by molar-refractivity contribution is 0.146. The molecule has 2 aliphatic heterocycles. The second kappa shape index (κ2) is 4.01. The summed E-state index contributed by atoms with van der Waals surface area (Å²) in [6.07, 6.45) is 0.649. The summed E-state index contributed by atoms with van der Waals surface area (Å²) >= 11 is 0. The molecule has 0 radical (unpaired) electrons. The fraction of sp³-hybridized carbons (Fsp3) is 0.417. The standard InChI is InChI=1S/C12H15N3O2/c13-10-6-7-14(8-10)12(16)15-11(17-15)9-4-2-1-3-5-9/h1-5,10-11H,6-8,13H2. The SMILES string of the molecule is NC1CCN(C(=O)N2OC2c2ccccc2)C1. The zero-order chi connectivity index (χ0) is 11.8. The van der Waals surface area contributed by atoms with Gasteiger partial charge in [0.15, 0.2) is 0 Å². The van der Waals surface area contributed by atoms with Crippen LogP contribution in [0.2, 0.25) is 0 Å². The second-order valence-corrected chi connectivity index (χ2v) is 4.47. The molecule has 2 amide bonds. The number of carbonyl (C=O) groups is 1. The number of hydrogen-bond donors (Lipinski definition) is 1. The maximum absolute atomic E-state index is 12.0. The molecule has 3 rings (SSSR count). The van der Waals surface area contributed by atoms with Crippen molar-refractivity contribution in [3.05, 3.63) is 35.9 Å². The van der Waals surface area contributed by atoms with Crippen molar-refractivity contribution in [1.29, 1.82) is 0 Å². The molecular weight excluding hydrogens is 218 g/mol. The Morgan fingerprint density at radius 3 is 2.76 bits per heavy atom. The summed E-state index contributed by atoms with van der Waals surface area (Å²) in [5, 5.41) is 1.41. The topological polar surface area (TPSA) is 61.9 Å². The molecule has 0 aliphatic carbocycles. The molecule has 2 N–H and O–H groups in total. The van der Waals surface area contributed by atoms with Crippen LogP contribution in [0.15, 0.2) is 30.3 Å². The summed E-state index contributed by atoms with van der Waals surface area (Å²) in [6.45, 7) is 1.35. The van der Waals surface area contributed by atoms with Gasteiger partial charge in [0, 0.05) is 24.7 Å². The number of carbonyl (C=O) groups excluding carboxylic acids is 1. The zero-order valence-electron chi connectivity index (χ0n) is 9.45. The Hall–Kier alpha value is -1.59. The number of likely N-dealkylation sites (tertiary alicyclic amines) is 1. The van der Waals surface area contributed by atoms with Gasteiger partial charge in [-0.25, -0.2) is 9.63 Å².